The summed E-state index contributed by atoms with van der Waals surface area (Å²) in [6, 6.07) is -3.56. The number of nitrogens with zero attached hydrogens (tertiary/aromatic N) is 1. The number of nitrogens with one attached hydrogen (secondary N) is 3. The van der Waals surface area contributed by atoms with Crippen LogP contribution < -0.4 is 44.6 Å². The number of nitrogens with two attached hydrogens (primary N) is 5. The van der Waals surface area contributed by atoms with Gasteiger partial charge in [0, 0.05) is 13.0 Å². The summed E-state index contributed by atoms with van der Waals surface area (Å²) in [5.41, 5.74) is 26.4. The van der Waals surface area contributed by atoms with Gasteiger partial charge in [-0.25, -0.2) is 4.79 Å². The molecule has 4 amide bonds. The Morgan fingerprint density at radius 3 is 1.82 bits per heavy atom. The molecule has 0 aromatic carbocycles. The van der Waals surface area contributed by atoms with Crippen molar-refractivity contribution in [2.75, 3.05) is 19.6 Å². The second-order valence-electron chi connectivity index (χ2n) is 7.52. The van der Waals surface area contributed by atoms with E-state index in [0.717, 1.165) is 0 Å². The van der Waals surface area contributed by atoms with Crippen LogP contribution in [-0.4, -0.2) is 78.4 Å². The van der Waals surface area contributed by atoms with Gasteiger partial charge in [0.05, 0.1) is 6.54 Å². The highest BCUT2D eigenvalue weighted by Gasteiger charge is 2.29. The first-order valence-corrected chi connectivity index (χ1v) is 10.9. The first kappa shape index (κ1) is 30.5. The van der Waals surface area contributed by atoms with Gasteiger partial charge in [-0.05, 0) is 45.1 Å². The topological polar surface area (TPSA) is 284 Å². The number of guanidine groups is 1. The molecule has 0 aliphatic carbocycles. The van der Waals surface area contributed by atoms with Gasteiger partial charge in [0.2, 0.25) is 23.6 Å². The molecule has 3 atom stereocenters. The summed E-state index contributed by atoms with van der Waals surface area (Å²) in [6.07, 6.45) is 1.20. The lowest BCUT2D eigenvalue weighted by molar-refractivity contribution is -0.142. The van der Waals surface area contributed by atoms with E-state index in [2.05, 4.69) is 20.9 Å². The number of carboxylic acids is 1. The zero-order valence-electron chi connectivity index (χ0n) is 19.1. The van der Waals surface area contributed by atoms with Crippen molar-refractivity contribution in [3.8, 4) is 0 Å². The Kier molecular flexibility index (Phi) is 15.3. The van der Waals surface area contributed by atoms with Crippen molar-refractivity contribution in [2.24, 2.45) is 33.7 Å². The summed E-state index contributed by atoms with van der Waals surface area (Å²) in [4.78, 5) is 63.9. The quantitative estimate of drug-likeness (QED) is 0.0511. The standard InChI is InChI=1S/C19H37N9O6/c20-8-2-1-4-13(18(33)34)28-17(32)12(6-7-14(22)29)27-16(31)11(26-15(30)10-21)5-3-9-25-19(23)24/h11-13H,1-10,20-21H2,(H2,22,29)(H,26,30)(H,27,31)(H,28,32)(H,33,34)(H4,23,24,25)/t11-,12-,13-/m0/s1. The van der Waals surface area contributed by atoms with Crippen molar-refractivity contribution >= 4 is 35.6 Å². The number of aliphatic imine (C=N–C) groups is 1. The van der Waals surface area contributed by atoms with E-state index < -0.39 is 47.7 Å². The van der Waals surface area contributed by atoms with Crippen LogP contribution in [0, 0.1) is 0 Å². The van der Waals surface area contributed by atoms with Gasteiger partial charge in [-0.3, -0.25) is 24.2 Å². The fourth-order valence-electron chi connectivity index (χ4n) is 2.88. The zero-order valence-corrected chi connectivity index (χ0v) is 19.1. The van der Waals surface area contributed by atoms with Gasteiger partial charge in [0.15, 0.2) is 5.96 Å². The van der Waals surface area contributed by atoms with E-state index in [9.17, 15) is 29.1 Å². The van der Waals surface area contributed by atoms with Gasteiger partial charge in [0.25, 0.3) is 0 Å². The third-order valence-corrected chi connectivity index (χ3v) is 4.66. The van der Waals surface area contributed by atoms with E-state index in [-0.39, 0.29) is 44.7 Å². The van der Waals surface area contributed by atoms with E-state index in [4.69, 9.17) is 28.7 Å². The number of amides is 4. The molecule has 0 saturated heterocycles. The largest absolute Gasteiger partial charge is 0.480 e. The van der Waals surface area contributed by atoms with Gasteiger partial charge < -0.3 is 49.7 Å². The van der Waals surface area contributed by atoms with Crippen LogP contribution in [-0.2, 0) is 24.0 Å². The molecule has 0 fully saturated rings. The molecule has 0 radical (unpaired) electrons. The van der Waals surface area contributed by atoms with Crippen LogP contribution in [0.15, 0.2) is 4.99 Å². The number of hydrogen-bond donors (Lipinski definition) is 9. The Bertz CT molecular complexity index is 727. The summed E-state index contributed by atoms with van der Waals surface area (Å²) in [5.74, 6) is -4.24. The maximum absolute atomic E-state index is 12.8. The van der Waals surface area contributed by atoms with E-state index in [0.29, 0.717) is 25.8 Å². The summed E-state index contributed by atoms with van der Waals surface area (Å²) >= 11 is 0. The first-order chi connectivity index (χ1) is 16.0. The number of hydrogen-bond acceptors (Lipinski definition) is 8. The fourth-order valence-corrected chi connectivity index (χ4v) is 2.88. The maximum atomic E-state index is 12.8. The summed E-state index contributed by atoms with van der Waals surface area (Å²) in [6.45, 7) is 0.197. The smallest absolute Gasteiger partial charge is 0.326 e. The number of primary amides is 1. The van der Waals surface area contributed by atoms with Crippen molar-refractivity contribution < 1.29 is 29.1 Å². The molecule has 0 bridgehead atoms. The normalized spacial score (nSPS) is 13.1. The highest BCUT2D eigenvalue weighted by molar-refractivity contribution is 5.93. The first-order valence-electron chi connectivity index (χ1n) is 10.9. The molecule has 194 valence electrons. The number of aliphatic carboxylic acids is 1. The number of carbonyl (C=O) groups excluding carboxylic acids is 4. The molecular formula is C19H37N9O6. The van der Waals surface area contributed by atoms with Gasteiger partial charge in [-0.15, -0.1) is 0 Å². The maximum Gasteiger partial charge on any atom is 0.326 e. The van der Waals surface area contributed by atoms with Crippen LogP contribution in [0.1, 0.15) is 44.9 Å². The minimum absolute atomic E-state index is 0.120. The highest BCUT2D eigenvalue weighted by atomic mass is 16.4. The highest BCUT2D eigenvalue weighted by Crippen LogP contribution is 2.06. The Hall–Kier alpha value is -3.46. The predicted octanol–water partition coefficient (Wildman–Crippen LogP) is -4.07. The summed E-state index contributed by atoms with van der Waals surface area (Å²) in [7, 11) is 0. The minimum atomic E-state index is -1.27. The molecule has 34 heavy (non-hydrogen) atoms. The SMILES string of the molecule is NCCCC[C@H](NC(=O)[C@H](CCC(N)=O)NC(=O)[C@H](CCCN=C(N)N)NC(=O)CN)C(=O)O. The lowest BCUT2D eigenvalue weighted by Gasteiger charge is -2.24. The summed E-state index contributed by atoms with van der Waals surface area (Å²) in [5, 5.41) is 16.6. The number of unbranched alkanes of at least 4 members (excludes halogenated alkanes) is 1. The van der Waals surface area contributed by atoms with Gasteiger partial charge in [-0.2, -0.15) is 0 Å². The predicted molar refractivity (Wildman–Crippen MR) is 124 cm³/mol. The van der Waals surface area contributed by atoms with Crippen LogP contribution in [0.5, 0.6) is 0 Å². The molecule has 0 aromatic heterocycles. The van der Waals surface area contributed by atoms with Gasteiger partial charge in [-0.1, -0.05) is 0 Å². The van der Waals surface area contributed by atoms with Crippen LogP contribution in [0.4, 0.5) is 0 Å². The molecule has 0 unspecified atom stereocenters. The van der Waals surface area contributed by atoms with Crippen molar-refractivity contribution in [3.63, 3.8) is 0 Å². The van der Waals surface area contributed by atoms with Crippen molar-refractivity contribution in [3.05, 3.63) is 0 Å². The lowest BCUT2D eigenvalue weighted by atomic mass is 10.1. The van der Waals surface area contributed by atoms with Crippen LogP contribution >= 0.6 is 0 Å². The van der Waals surface area contributed by atoms with Gasteiger partial charge >= 0.3 is 5.97 Å². The third kappa shape index (κ3) is 13.8. The molecule has 0 aromatic rings. The van der Waals surface area contributed by atoms with Crippen molar-refractivity contribution in [1.29, 1.82) is 0 Å². The fraction of sp³-hybridized carbons (Fsp3) is 0.684. The number of rotatable bonds is 18. The van der Waals surface area contributed by atoms with E-state index in [1.165, 1.54) is 0 Å². The lowest BCUT2D eigenvalue weighted by Crippen LogP contribution is -2.56. The molecule has 0 aliphatic rings. The second kappa shape index (κ2) is 17.1. The Balaban J connectivity index is 5.41. The van der Waals surface area contributed by atoms with Crippen LogP contribution in [0.25, 0.3) is 0 Å². The van der Waals surface area contributed by atoms with E-state index in [1.807, 2.05) is 0 Å². The van der Waals surface area contributed by atoms with Gasteiger partial charge in [0.1, 0.15) is 18.1 Å². The molecular weight excluding hydrogens is 450 g/mol. The molecule has 15 heteroatoms. The Morgan fingerprint density at radius 1 is 0.765 bits per heavy atom. The van der Waals surface area contributed by atoms with Crippen LogP contribution in [0.2, 0.25) is 0 Å². The monoisotopic (exact) mass is 487 g/mol. The van der Waals surface area contributed by atoms with E-state index >= 15 is 0 Å². The molecule has 0 saturated carbocycles. The van der Waals surface area contributed by atoms with Crippen molar-refractivity contribution in [2.45, 2.75) is 63.1 Å². The molecule has 0 heterocycles. The number of carbonyl (C=O) groups is 5. The van der Waals surface area contributed by atoms with E-state index in [1.54, 1.807) is 0 Å². The molecule has 0 spiro atoms. The number of carboxylic acid groups (broad SMARTS) is 1. The Labute approximate surface area is 197 Å². The summed E-state index contributed by atoms with van der Waals surface area (Å²) < 4.78 is 0. The van der Waals surface area contributed by atoms with Crippen molar-refractivity contribution in [1.82, 2.24) is 16.0 Å². The molecule has 15 nitrogen and oxygen atoms in total. The second-order valence-corrected chi connectivity index (χ2v) is 7.52. The Morgan fingerprint density at radius 2 is 1.32 bits per heavy atom. The molecule has 0 aliphatic heterocycles. The average molecular weight is 488 g/mol. The third-order valence-electron chi connectivity index (χ3n) is 4.66. The van der Waals surface area contributed by atoms with Crippen LogP contribution in [0.3, 0.4) is 0 Å². The zero-order chi connectivity index (χ0) is 26.1. The average Bonchev–Trinajstić information content (AvgIpc) is 2.76. The minimum Gasteiger partial charge on any atom is -0.480 e. The molecule has 14 N–H and O–H groups in total. The molecule has 0 rings (SSSR count).